The molecule has 0 spiro atoms. The highest BCUT2D eigenvalue weighted by molar-refractivity contribution is 7.83. The summed E-state index contributed by atoms with van der Waals surface area (Å²) in [6.07, 6.45) is 4.26. The van der Waals surface area contributed by atoms with E-state index < -0.39 is 10.3 Å². The van der Waals surface area contributed by atoms with Crippen LogP contribution in [0.4, 0.5) is 0 Å². The second-order valence-electron chi connectivity index (χ2n) is 3.85. The van der Waals surface area contributed by atoms with Crippen molar-refractivity contribution in [1.29, 1.82) is 0 Å². The highest BCUT2D eigenvalue weighted by Gasteiger charge is 2.39. The predicted molar refractivity (Wildman–Crippen MR) is 42.1 cm³/mol. The highest BCUT2D eigenvalue weighted by Crippen LogP contribution is 2.44. The summed E-state index contributed by atoms with van der Waals surface area (Å²) in [6.45, 7) is 0. The topological polar surface area (TPSA) is 69.2 Å². The van der Waals surface area contributed by atoms with Crippen LogP contribution in [0.25, 0.3) is 0 Å². The number of rotatable bonds is 2. The van der Waals surface area contributed by atoms with Gasteiger partial charge in [-0.1, -0.05) is 6.42 Å². The predicted octanol–water partition coefficient (Wildman–Crippen LogP) is 0.225. The largest absolute Gasteiger partial charge is 0.735 e. The smallest absolute Gasteiger partial charge is 0.159 e. The van der Waals surface area contributed by atoms with Gasteiger partial charge in [-0.3, -0.25) is 0 Å². The van der Waals surface area contributed by atoms with Crippen LogP contribution in [0.1, 0.15) is 25.7 Å². The highest BCUT2D eigenvalue weighted by atomic mass is 32.2. The number of hydrogen-bond acceptors (Lipinski definition) is 3. The van der Waals surface area contributed by atoms with Gasteiger partial charge >= 0.3 is 0 Å². The van der Waals surface area contributed by atoms with Crippen LogP contribution in [0.5, 0.6) is 0 Å². The van der Waals surface area contributed by atoms with Gasteiger partial charge in [-0.15, -0.1) is 0 Å². The van der Waals surface area contributed by atoms with Crippen LogP contribution in [0.3, 0.4) is 0 Å². The van der Waals surface area contributed by atoms with E-state index in [4.69, 9.17) is 0 Å². The third-order valence-corrected chi connectivity index (χ3v) is 3.63. The van der Waals surface area contributed by atoms with Crippen molar-refractivity contribution in [2.75, 3.05) is 0 Å². The molecule has 12 heavy (non-hydrogen) atoms. The van der Waals surface area contributed by atoms with E-state index in [-0.39, 0.29) is 6.04 Å². The molecule has 0 radical (unpaired) electrons. The molecule has 0 aromatic heterocycles. The molecule has 2 aliphatic carbocycles. The fourth-order valence-electron chi connectivity index (χ4n) is 2.57. The maximum atomic E-state index is 10.4. The van der Waals surface area contributed by atoms with Gasteiger partial charge in [0.15, 0.2) is 10.3 Å². The van der Waals surface area contributed by atoms with Crippen LogP contribution in [0.2, 0.25) is 0 Å². The van der Waals surface area contributed by atoms with Gasteiger partial charge in [0.1, 0.15) is 0 Å². The van der Waals surface area contributed by atoms with Crippen LogP contribution in [0.15, 0.2) is 0 Å². The van der Waals surface area contributed by atoms with Crippen LogP contribution in [-0.2, 0) is 10.3 Å². The van der Waals surface area contributed by atoms with E-state index in [1.54, 1.807) is 0 Å². The molecule has 3 atom stereocenters. The molecule has 3 unspecified atom stereocenters. The van der Waals surface area contributed by atoms with Gasteiger partial charge in [0.25, 0.3) is 0 Å². The molecule has 2 aliphatic rings. The third-order valence-electron chi connectivity index (χ3n) is 3.03. The van der Waals surface area contributed by atoms with Crippen LogP contribution in [-0.4, -0.2) is 19.0 Å². The maximum Gasteiger partial charge on any atom is 0.159 e. The number of nitrogens with one attached hydrogen (secondary N) is 1. The lowest BCUT2D eigenvalue weighted by atomic mass is 9.96. The standard InChI is InChI=1S/C7H13NO3S/c9-12(10,11)8-7-4-5-1-2-6(7)3-5/h5-8H,1-4H2,(H,9,10,11)/p-1. The van der Waals surface area contributed by atoms with Gasteiger partial charge in [-0.25, -0.2) is 13.1 Å². The summed E-state index contributed by atoms with van der Waals surface area (Å²) in [6, 6.07) is -0.0637. The normalized spacial score (nSPS) is 40.6. The molecule has 2 bridgehead atoms. The van der Waals surface area contributed by atoms with Gasteiger partial charge < -0.3 is 4.55 Å². The quantitative estimate of drug-likeness (QED) is 0.633. The lowest BCUT2D eigenvalue weighted by Gasteiger charge is -2.23. The first-order chi connectivity index (χ1) is 5.54. The maximum absolute atomic E-state index is 10.4. The SMILES string of the molecule is O=S(=O)([O-])NC1CC2CCC1C2. The Morgan fingerprint density at radius 3 is 2.42 bits per heavy atom. The molecular weight excluding hydrogens is 178 g/mol. The molecule has 0 aliphatic heterocycles. The minimum atomic E-state index is -4.23. The van der Waals surface area contributed by atoms with Crippen molar-refractivity contribution in [3.05, 3.63) is 0 Å². The average Bonchev–Trinajstić information content (AvgIpc) is 2.42. The fraction of sp³-hybridized carbons (Fsp3) is 1.00. The van der Waals surface area contributed by atoms with Crippen LogP contribution >= 0.6 is 0 Å². The molecule has 0 heterocycles. The molecule has 0 amide bonds. The Labute approximate surface area is 72.2 Å². The van der Waals surface area contributed by atoms with Crippen molar-refractivity contribution < 1.29 is 13.0 Å². The zero-order valence-electron chi connectivity index (χ0n) is 6.69. The minimum absolute atomic E-state index is 0.0637. The summed E-state index contributed by atoms with van der Waals surface area (Å²) in [7, 11) is -4.23. The molecule has 70 valence electrons. The van der Waals surface area contributed by atoms with Gasteiger partial charge in [-0.2, -0.15) is 0 Å². The van der Waals surface area contributed by atoms with Crippen molar-refractivity contribution in [1.82, 2.24) is 4.72 Å². The Hall–Kier alpha value is -0.130. The summed E-state index contributed by atoms with van der Waals surface area (Å²) in [5.41, 5.74) is 0. The van der Waals surface area contributed by atoms with Crippen molar-refractivity contribution in [2.24, 2.45) is 11.8 Å². The molecule has 2 saturated carbocycles. The first-order valence-corrected chi connectivity index (χ1v) is 5.68. The van der Waals surface area contributed by atoms with E-state index in [1.807, 2.05) is 0 Å². The zero-order valence-corrected chi connectivity index (χ0v) is 7.51. The molecule has 2 fully saturated rings. The Morgan fingerprint density at radius 2 is 2.00 bits per heavy atom. The number of hydrogen-bond donors (Lipinski definition) is 1. The molecule has 0 saturated heterocycles. The van der Waals surface area contributed by atoms with E-state index in [1.165, 1.54) is 6.42 Å². The van der Waals surface area contributed by atoms with Gasteiger partial charge in [0, 0.05) is 6.04 Å². The van der Waals surface area contributed by atoms with E-state index in [0.29, 0.717) is 11.8 Å². The molecular formula is C7H12NO3S-. The first-order valence-electron chi connectivity index (χ1n) is 4.28. The second-order valence-corrected chi connectivity index (χ2v) is 5.00. The fourth-order valence-corrected chi connectivity index (χ4v) is 3.23. The molecule has 0 aromatic rings. The van der Waals surface area contributed by atoms with Crippen LogP contribution < -0.4 is 4.72 Å². The molecule has 1 N–H and O–H groups in total. The van der Waals surface area contributed by atoms with Crippen LogP contribution in [0, 0.1) is 11.8 Å². The molecule has 0 aromatic carbocycles. The Kier molecular flexibility index (Phi) is 1.89. The van der Waals surface area contributed by atoms with Gasteiger partial charge in [0.05, 0.1) is 0 Å². The Balaban J connectivity index is 2.00. The molecule has 5 heteroatoms. The van der Waals surface area contributed by atoms with Gasteiger partial charge in [0.2, 0.25) is 0 Å². The van der Waals surface area contributed by atoms with Gasteiger partial charge in [-0.05, 0) is 31.1 Å². The Bertz CT molecular complexity index is 274. The summed E-state index contributed by atoms with van der Waals surface area (Å²) in [4.78, 5) is 0. The number of fused-ring (bicyclic) bond motifs is 2. The first kappa shape index (κ1) is 8.47. The lowest BCUT2D eigenvalue weighted by Crippen LogP contribution is -2.38. The van der Waals surface area contributed by atoms with Crippen molar-refractivity contribution >= 4 is 10.3 Å². The Morgan fingerprint density at radius 1 is 1.25 bits per heavy atom. The average molecular weight is 190 g/mol. The van der Waals surface area contributed by atoms with Crippen molar-refractivity contribution in [2.45, 2.75) is 31.7 Å². The molecule has 4 nitrogen and oxygen atoms in total. The summed E-state index contributed by atoms with van der Waals surface area (Å²) in [5.74, 6) is 1.09. The summed E-state index contributed by atoms with van der Waals surface area (Å²) >= 11 is 0. The van der Waals surface area contributed by atoms with E-state index in [9.17, 15) is 13.0 Å². The summed E-state index contributed by atoms with van der Waals surface area (Å²) < 4.78 is 33.4. The minimum Gasteiger partial charge on any atom is -0.735 e. The van der Waals surface area contributed by atoms with E-state index in [2.05, 4.69) is 4.72 Å². The van der Waals surface area contributed by atoms with E-state index in [0.717, 1.165) is 19.3 Å². The van der Waals surface area contributed by atoms with Crippen molar-refractivity contribution in [3.63, 3.8) is 0 Å². The summed E-state index contributed by atoms with van der Waals surface area (Å²) in [5, 5.41) is 0. The second kappa shape index (κ2) is 2.68. The zero-order chi connectivity index (χ0) is 8.77. The monoisotopic (exact) mass is 190 g/mol. The third kappa shape index (κ3) is 1.62. The van der Waals surface area contributed by atoms with Crippen molar-refractivity contribution in [3.8, 4) is 0 Å². The lowest BCUT2D eigenvalue weighted by molar-refractivity contribution is 0.366. The van der Waals surface area contributed by atoms with E-state index >= 15 is 0 Å². The molecule has 2 rings (SSSR count).